The fraction of sp³-hybridized carbons (Fsp3) is 0.381. The third-order valence-corrected chi connectivity index (χ3v) is 5.93. The number of halogens is 1. The zero-order valence-electron chi connectivity index (χ0n) is 17.2. The number of tetrazole rings is 1. The summed E-state index contributed by atoms with van der Waals surface area (Å²) in [7, 11) is 0. The third-order valence-electron chi connectivity index (χ3n) is 5.93. The van der Waals surface area contributed by atoms with Crippen LogP contribution in [0, 0.1) is 18.7 Å². The Morgan fingerprint density at radius 1 is 1.26 bits per heavy atom. The van der Waals surface area contributed by atoms with Gasteiger partial charge in [-0.1, -0.05) is 0 Å². The van der Waals surface area contributed by atoms with E-state index in [1.165, 1.54) is 16.8 Å². The molecule has 31 heavy (non-hydrogen) atoms. The first-order valence-electron chi connectivity index (χ1n) is 10.3. The maximum Gasteiger partial charge on any atom is 0.223 e. The van der Waals surface area contributed by atoms with Gasteiger partial charge < -0.3 is 14.6 Å². The summed E-state index contributed by atoms with van der Waals surface area (Å²) in [5.74, 6) is 1.06. The van der Waals surface area contributed by atoms with E-state index in [9.17, 15) is 9.18 Å². The van der Waals surface area contributed by atoms with Crippen LogP contribution < -0.4 is 10.2 Å². The van der Waals surface area contributed by atoms with Crippen molar-refractivity contribution in [2.75, 3.05) is 18.0 Å². The minimum Gasteiger partial charge on any atom is -0.459 e. The Bertz CT molecular complexity index is 1260. The highest BCUT2D eigenvalue weighted by molar-refractivity contribution is 5.83. The molecule has 1 amide bonds. The predicted molar refractivity (Wildman–Crippen MR) is 111 cm³/mol. The van der Waals surface area contributed by atoms with Crippen molar-refractivity contribution in [2.45, 2.75) is 32.7 Å². The van der Waals surface area contributed by atoms with Crippen molar-refractivity contribution in [1.82, 2.24) is 30.6 Å². The molecule has 1 fully saturated rings. The molecule has 3 aromatic heterocycles. The lowest BCUT2D eigenvalue weighted by Gasteiger charge is -2.32. The molecule has 1 unspecified atom stereocenters. The van der Waals surface area contributed by atoms with E-state index < -0.39 is 0 Å². The number of benzene rings is 1. The average molecular weight is 423 g/mol. The van der Waals surface area contributed by atoms with Gasteiger partial charge >= 0.3 is 0 Å². The van der Waals surface area contributed by atoms with Crippen molar-refractivity contribution in [3.05, 3.63) is 47.5 Å². The van der Waals surface area contributed by atoms with Crippen molar-refractivity contribution in [3.8, 4) is 0 Å². The summed E-state index contributed by atoms with van der Waals surface area (Å²) in [5, 5.41) is 19.5. The summed E-state index contributed by atoms with van der Waals surface area (Å²) in [5.41, 5.74) is 2.06. The lowest BCUT2D eigenvalue weighted by molar-refractivity contribution is -0.126. The molecule has 1 aliphatic rings. The van der Waals surface area contributed by atoms with Crippen molar-refractivity contribution in [3.63, 3.8) is 0 Å². The van der Waals surface area contributed by atoms with Crippen LogP contribution in [0.25, 0.3) is 16.6 Å². The van der Waals surface area contributed by atoms with Crippen LogP contribution in [0.3, 0.4) is 0 Å². The molecule has 4 heterocycles. The number of furan rings is 1. The number of hydrogen-bond acceptors (Lipinski definition) is 7. The Labute approximate surface area is 177 Å². The molecular weight excluding hydrogens is 401 g/mol. The van der Waals surface area contributed by atoms with Crippen LogP contribution in [0.2, 0.25) is 0 Å². The summed E-state index contributed by atoms with van der Waals surface area (Å²) in [6.07, 6.45) is 1.44. The summed E-state index contributed by atoms with van der Waals surface area (Å²) < 4.78 is 20.9. The van der Waals surface area contributed by atoms with Gasteiger partial charge in [0.2, 0.25) is 5.91 Å². The van der Waals surface area contributed by atoms with Crippen LogP contribution in [0.1, 0.15) is 37.1 Å². The molecule has 1 atom stereocenters. The Morgan fingerprint density at radius 2 is 2.06 bits per heavy atom. The highest BCUT2D eigenvalue weighted by atomic mass is 19.1. The molecule has 1 saturated heterocycles. The number of carbonyl (C=O) groups is 1. The quantitative estimate of drug-likeness (QED) is 0.539. The van der Waals surface area contributed by atoms with Gasteiger partial charge in [0.25, 0.3) is 0 Å². The average Bonchev–Trinajstić information content (AvgIpc) is 3.38. The maximum atomic E-state index is 13.6. The second-order valence-corrected chi connectivity index (χ2v) is 7.94. The Balaban J connectivity index is 1.23. The van der Waals surface area contributed by atoms with Gasteiger partial charge in [0.05, 0.1) is 6.04 Å². The van der Waals surface area contributed by atoms with Crippen molar-refractivity contribution < 1.29 is 13.6 Å². The molecule has 1 aliphatic heterocycles. The third kappa shape index (κ3) is 3.58. The van der Waals surface area contributed by atoms with Gasteiger partial charge in [0, 0.05) is 30.0 Å². The largest absolute Gasteiger partial charge is 0.459 e. The number of anilines is 1. The molecule has 1 aromatic carbocycles. The van der Waals surface area contributed by atoms with Crippen molar-refractivity contribution >= 4 is 28.3 Å². The van der Waals surface area contributed by atoms with Gasteiger partial charge in [-0.15, -0.1) is 14.8 Å². The minimum atomic E-state index is -0.305. The Kier molecular flexibility index (Phi) is 4.76. The van der Waals surface area contributed by atoms with Crippen LogP contribution in [0.4, 0.5) is 10.2 Å². The van der Waals surface area contributed by atoms with Crippen molar-refractivity contribution in [1.29, 1.82) is 0 Å². The number of piperidine rings is 1. The summed E-state index contributed by atoms with van der Waals surface area (Å²) in [4.78, 5) is 15.0. The summed E-state index contributed by atoms with van der Waals surface area (Å²) in [6.45, 7) is 5.21. The minimum absolute atomic E-state index is 0.00192. The zero-order chi connectivity index (χ0) is 21.5. The zero-order valence-corrected chi connectivity index (χ0v) is 17.2. The lowest BCUT2D eigenvalue weighted by atomic mass is 9.95. The number of nitrogens with zero attached hydrogens (tertiary/aromatic N) is 6. The normalized spacial score (nSPS) is 16.2. The van der Waals surface area contributed by atoms with E-state index in [0.717, 1.165) is 42.7 Å². The number of aryl methyl sites for hydroxylation is 1. The van der Waals surface area contributed by atoms with E-state index in [4.69, 9.17) is 4.42 Å². The van der Waals surface area contributed by atoms with Crippen molar-refractivity contribution in [2.24, 2.45) is 5.92 Å². The second kappa shape index (κ2) is 7.60. The van der Waals surface area contributed by atoms with Gasteiger partial charge in [-0.25, -0.2) is 4.39 Å². The molecule has 0 bridgehead atoms. The molecular formula is C21H22FN7O2. The second-order valence-electron chi connectivity index (χ2n) is 7.94. The maximum absolute atomic E-state index is 13.6. The van der Waals surface area contributed by atoms with Crippen LogP contribution in [0.5, 0.6) is 0 Å². The fourth-order valence-electron chi connectivity index (χ4n) is 4.20. The van der Waals surface area contributed by atoms with Crippen LogP contribution in [0.15, 0.2) is 34.7 Å². The van der Waals surface area contributed by atoms with E-state index in [1.807, 2.05) is 26.0 Å². The predicted octanol–water partition coefficient (Wildman–Crippen LogP) is 2.81. The molecule has 10 heteroatoms. The fourth-order valence-corrected chi connectivity index (χ4v) is 4.20. The molecule has 0 spiro atoms. The highest BCUT2D eigenvalue weighted by Gasteiger charge is 2.28. The Hall–Kier alpha value is -3.56. The van der Waals surface area contributed by atoms with E-state index in [1.54, 1.807) is 6.07 Å². The summed E-state index contributed by atoms with van der Waals surface area (Å²) >= 11 is 0. The van der Waals surface area contributed by atoms with Gasteiger partial charge in [-0.3, -0.25) is 4.79 Å². The number of fused-ring (bicyclic) bond motifs is 2. The molecule has 4 aromatic rings. The van der Waals surface area contributed by atoms with Crippen LogP contribution in [-0.4, -0.2) is 44.3 Å². The molecule has 0 aliphatic carbocycles. The van der Waals surface area contributed by atoms with Gasteiger partial charge in [-0.2, -0.15) is 0 Å². The van der Waals surface area contributed by atoms with E-state index in [-0.39, 0.29) is 23.7 Å². The van der Waals surface area contributed by atoms with E-state index in [0.29, 0.717) is 17.0 Å². The standard InChI is InChI=1S/C21H22FN7O2/c1-12-16-11-15(22)3-4-17(16)31-20(12)13(2)23-21(30)14-7-9-28(10-8-14)19-6-5-18-24-26-27-29(18)25-19/h3-6,11,13-14H,7-10H2,1-2H3,(H,23,30). The first-order valence-corrected chi connectivity index (χ1v) is 10.3. The van der Waals surface area contributed by atoms with Crippen LogP contribution in [-0.2, 0) is 4.79 Å². The molecule has 1 N–H and O–H groups in total. The SMILES string of the molecule is Cc1c(C(C)NC(=O)C2CCN(c3ccc4nnnn4n3)CC2)oc2ccc(F)cc12. The molecule has 160 valence electrons. The number of nitrogens with one attached hydrogen (secondary N) is 1. The van der Waals surface area contributed by atoms with Crippen LogP contribution >= 0.6 is 0 Å². The first-order chi connectivity index (χ1) is 15.0. The highest BCUT2D eigenvalue weighted by Crippen LogP contribution is 2.30. The van der Waals surface area contributed by atoms with Gasteiger partial charge in [0.15, 0.2) is 11.5 Å². The number of hydrogen-bond donors (Lipinski definition) is 1. The molecule has 0 saturated carbocycles. The number of amides is 1. The molecule has 9 nitrogen and oxygen atoms in total. The summed E-state index contributed by atoms with van der Waals surface area (Å²) in [6, 6.07) is 7.86. The molecule has 5 rings (SSSR count). The first kappa shape index (κ1) is 19.4. The molecule has 0 radical (unpaired) electrons. The van der Waals surface area contributed by atoms with Gasteiger partial charge in [-0.05, 0) is 67.4 Å². The smallest absolute Gasteiger partial charge is 0.223 e. The number of rotatable bonds is 4. The number of aromatic nitrogens is 5. The topological polar surface area (TPSA) is 101 Å². The van der Waals surface area contributed by atoms with E-state index >= 15 is 0 Å². The lowest BCUT2D eigenvalue weighted by Crippen LogP contribution is -2.41. The van der Waals surface area contributed by atoms with E-state index in [2.05, 4.69) is 30.8 Å². The van der Waals surface area contributed by atoms with Gasteiger partial charge in [0.1, 0.15) is 17.2 Å². The monoisotopic (exact) mass is 423 g/mol. The number of carbonyl (C=O) groups excluding carboxylic acids is 1. The Morgan fingerprint density at radius 3 is 2.87 bits per heavy atom.